The van der Waals surface area contributed by atoms with Gasteiger partial charge in [0.1, 0.15) is 0 Å². The van der Waals surface area contributed by atoms with E-state index in [-0.39, 0.29) is 5.91 Å². The SMILES string of the molecule is CC(C)COCCCCCC(N)=O. The average Bonchev–Trinajstić information content (AvgIpc) is 2.01. The highest BCUT2D eigenvalue weighted by Gasteiger charge is 1.96. The van der Waals surface area contributed by atoms with Crippen molar-refractivity contribution in [1.29, 1.82) is 0 Å². The first kappa shape index (κ1) is 12.4. The minimum absolute atomic E-state index is 0.205. The largest absolute Gasteiger partial charge is 0.381 e. The van der Waals surface area contributed by atoms with Gasteiger partial charge in [0.2, 0.25) is 5.91 Å². The second-order valence-electron chi connectivity index (χ2n) is 3.75. The van der Waals surface area contributed by atoms with Gasteiger partial charge in [-0.05, 0) is 18.8 Å². The summed E-state index contributed by atoms with van der Waals surface area (Å²) in [7, 11) is 0. The van der Waals surface area contributed by atoms with Crippen LogP contribution in [0.1, 0.15) is 39.5 Å². The molecular weight excluding hydrogens is 166 g/mol. The number of ether oxygens (including phenoxy) is 1. The molecule has 0 aliphatic rings. The third kappa shape index (κ3) is 11.4. The molecule has 0 saturated heterocycles. The van der Waals surface area contributed by atoms with Gasteiger partial charge in [0.25, 0.3) is 0 Å². The maximum absolute atomic E-state index is 10.4. The fourth-order valence-electron chi connectivity index (χ4n) is 0.999. The lowest BCUT2D eigenvalue weighted by Crippen LogP contribution is -2.09. The molecule has 0 radical (unpaired) electrons. The number of carbonyl (C=O) groups excluding carboxylic acids is 1. The van der Waals surface area contributed by atoms with Gasteiger partial charge in [-0.3, -0.25) is 4.79 Å². The first-order valence-corrected chi connectivity index (χ1v) is 4.99. The Hall–Kier alpha value is -0.570. The summed E-state index contributed by atoms with van der Waals surface area (Å²) in [5.41, 5.74) is 5.00. The van der Waals surface area contributed by atoms with Crippen LogP contribution in [0, 0.1) is 5.92 Å². The molecule has 13 heavy (non-hydrogen) atoms. The Morgan fingerprint density at radius 1 is 1.31 bits per heavy atom. The van der Waals surface area contributed by atoms with E-state index in [1.807, 2.05) is 0 Å². The maximum Gasteiger partial charge on any atom is 0.217 e. The summed E-state index contributed by atoms with van der Waals surface area (Å²) in [5.74, 6) is 0.397. The van der Waals surface area contributed by atoms with Crippen LogP contribution >= 0.6 is 0 Å². The van der Waals surface area contributed by atoms with E-state index >= 15 is 0 Å². The molecule has 0 aliphatic heterocycles. The Balaban J connectivity index is 2.96. The van der Waals surface area contributed by atoms with Crippen molar-refractivity contribution >= 4 is 5.91 Å². The summed E-state index contributed by atoms with van der Waals surface area (Å²) in [4.78, 5) is 10.4. The molecule has 0 heterocycles. The third-order valence-electron chi connectivity index (χ3n) is 1.66. The molecular formula is C10H21NO2. The zero-order chi connectivity index (χ0) is 10.1. The Bertz CT molecular complexity index is 135. The van der Waals surface area contributed by atoms with Crippen LogP contribution in [0.25, 0.3) is 0 Å². The summed E-state index contributed by atoms with van der Waals surface area (Å²) in [6.45, 7) is 5.90. The molecule has 3 heteroatoms. The van der Waals surface area contributed by atoms with Gasteiger partial charge < -0.3 is 10.5 Å². The van der Waals surface area contributed by atoms with Gasteiger partial charge in [0.15, 0.2) is 0 Å². The van der Waals surface area contributed by atoms with Gasteiger partial charge in [-0.2, -0.15) is 0 Å². The molecule has 0 atom stereocenters. The highest BCUT2D eigenvalue weighted by Crippen LogP contribution is 2.00. The molecule has 0 spiro atoms. The molecule has 0 aromatic carbocycles. The van der Waals surface area contributed by atoms with E-state index in [0.717, 1.165) is 32.5 Å². The number of hydrogen-bond donors (Lipinski definition) is 1. The van der Waals surface area contributed by atoms with Crippen LogP contribution in [-0.4, -0.2) is 19.1 Å². The highest BCUT2D eigenvalue weighted by molar-refractivity contribution is 5.73. The van der Waals surface area contributed by atoms with Crippen molar-refractivity contribution in [1.82, 2.24) is 0 Å². The third-order valence-corrected chi connectivity index (χ3v) is 1.66. The number of hydrogen-bond acceptors (Lipinski definition) is 2. The van der Waals surface area contributed by atoms with Crippen molar-refractivity contribution < 1.29 is 9.53 Å². The Kier molecular flexibility index (Phi) is 7.69. The van der Waals surface area contributed by atoms with Crippen molar-refractivity contribution in [3.63, 3.8) is 0 Å². The quantitative estimate of drug-likeness (QED) is 0.588. The lowest BCUT2D eigenvalue weighted by Gasteiger charge is -2.05. The molecule has 0 bridgehead atoms. The average molecular weight is 187 g/mol. The zero-order valence-corrected chi connectivity index (χ0v) is 8.71. The van der Waals surface area contributed by atoms with E-state index in [4.69, 9.17) is 10.5 Å². The summed E-state index contributed by atoms with van der Waals surface area (Å²) >= 11 is 0. The smallest absolute Gasteiger partial charge is 0.217 e. The number of nitrogens with two attached hydrogens (primary N) is 1. The molecule has 0 aromatic heterocycles. The van der Waals surface area contributed by atoms with E-state index < -0.39 is 0 Å². The maximum atomic E-state index is 10.4. The first-order valence-electron chi connectivity index (χ1n) is 4.99. The number of amides is 1. The van der Waals surface area contributed by atoms with E-state index in [9.17, 15) is 4.79 Å². The molecule has 78 valence electrons. The molecule has 0 saturated carbocycles. The van der Waals surface area contributed by atoms with Crippen molar-refractivity contribution in [2.75, 3.05) is 13.2 Å². The standard InChI is InChI=1S/C10H21NO2/c1-9(2)8-13-7-5-3-4-6-10(11)12/h9H,3-8H2,1-2H3,(H2,11,12). The van der Waals surface area contributed by atoms with E-state index in [2.05, 4.69) is 13.8 Å². The summed E-state index contributed by atoms with van der Waals surface area (Å²) in [5, 5.41) is 0. The summed E-state index contributed by atoms with van der Waals surface area (Å²) < 4.78 is 5.39. The van der Waals surface area contributed by atoms with Crippen LogP contribution in [0.5, 0.6) is 0 Å². The molecule has 1 amide bonds. The predicted molar refractivity (Wildman–Crippen MR) is 53.3 cm³/mol. The van der Waals surface area contributed by atoms with Gasteiger partial charge >= 0.3 is 0 Å². The van der Waals surface area contributed by atoms with E-state index in [0.29, 0.717) is 12.3 Å². The zero-order valence-electron chi connectivity index (χ0n) is 8.71. The van der Waals surface area contributed by atoms with Crippen molar-refractivity contribution in [3.8, 4) is 0 Å². The first-order chi connectivity index (χ1) is 6.13. The van der Waals surface area contributed by atoms with Crippen LogP contribution < -0.4 is 5.73 Å². The number of primary amides is 1. The normalized spacial score (nSPS) is 10.7. The second-order valence-corrected chi connectivity index (χ2v) is 3.75. The number of unbranched alkanes of at least 4 members (excludes halogenated alkanes) is 2. The van der Waals surface area contributed by atoms with Crippen LogP contribution in [0.15, 0.2) is 0 Å². The fourth-order valence-corrected chi connectivity index (χ4v) is 0.999. The van der Waals surface area contributed by atoms with Gasteiger partial charge in [0.05, 0.1) is 0 Å². The second kappa shape index (κ2) is 8.05. The Morgan fingerprint density at radius 2 is 2.00 bits per heavy atom. The minimum Gasteiger partial charge on any atom is -0.381 e. The van der Waals surface area contributed by atoms with Crippen LogP contribution in [-0.2, 0) is 9.53 Å². The van der Waals surface area contributed by atoms with Gasteiger partial charge in [0, 0.05) is 19.6 Å². The molecule has 0 aliphatic carbocycles. The van der Waals surface area contributed by atoms with Crippen LogP contribution in [0.3, 0.4) is 0 Å². The van der Waals surface area contributed by atoms with E-state index in [1.54, 1.807) is 0 Å². The predicted octanol–water partition coefficient (Wildman–Crippen LogP) is 1.70. The number of rotatable bonds is 8. The highest BCUT2D eigenvalue weighted by atomic mass is 16.5. The summed E-state index contributed by atoms with van der Waals surface area (Å²) in [6, 6.07) is 0. The van der Waals surface area contributed by atoms with Crippen molar-refractivity contribution in [2.24, 2.45) is 11.7 Å². The van der Waals surface area contributed by atoms with Crippen LogP contribution in [0.2, 0.25) is 0 Å². The van der Waals surface area contributed by atoms with Crippen LogP contribution in [0.4, 0.5) is 0 Å². The number of carbonyl (C=O) groups is 1. The summed E-state index contributed by atoms with van der Waals surface area (Å²) in [6.07, 6.45) is 3.45. The monoisotopic (exact) mass is 187 g/mol. The lowest BCUT2D eigenvalue weighted by atomic mass is 10.2. The topological polar surface area (TPSA) is 52.3 Å². The molecule has 3 nitrogen and oxygen atoms in total. The molecule has 2 N–H and O–H groups in total. The lowest BCUT2D eigenvalue weighted by molar-refractivity contribution is -0.118. The molecule has 0 rings (SSSR count). The van der Waals surface area contributed by atoms with Gasteiger partial charge in [-0.15, -0.1) is 0 Å². The molecule has 0 fully saturated rings. The van der Waals surface area contributed by atoms with Crippen molar-refractivity contribution in [3.05, 3.63) is 0 Å². The Labute approximate surface area is 80.6 Å². The van der Waals surface area contributed by atoms with Gasteiger partial charge in [-0.25, -0.2) is 0 Å². The minimum atomic E-state index is -0.205. The van der Waals surface area contributed by atoms with Crippen molar-refractivity contribution in [2.45, 2.75) is 39.5 Å². The Morgan fingerprint density at radius 3 is 2.54 bits per heavy atom. The molecule has 0 aromatic rings. The molecule has 0 unspecified atom stereocenters. The van der Waals surface area contributed by atoms with E-state index in [1.165, 1.54) is 0 Å². The van der Waals surface area contributed by atoms with Gasteiger partial charge in [-0.1, -0.05) is 20.3 Å². The fraction of sp³-hybridized carbons (Fsp3) is 0.900.